The molecular weight excluding hydrogens is 615 g/mol. The minimum atomic E-state index is -4.55. The van der Waals surface area contributed by atoms with E-state index >= 15 is 0 Å². The summed E-state index contributed by atoms with van der Waals surface area (Å²) in [5, 5.41) is 1.50. The number of unbranched alkanes of at least 4 members (excludes halogenated alkanes) is 1. The summed E-state index contributed by atoms with van der Waals surface area (Å²) < 4.78 is 130. The van der Waals surface area contributed by atoms with Gasteiger partial charge in [0, 0.05) is 0 Å². The van der Waals surface area contributed by atoms with Gasteiger partial charge in [-0.25, -0.2) is 0 Å². The highest BCUT2D eigenvalue weighted by Crippen LogP contribution is 2.56. The lowest BCUT2D eigenvalue weighted by atomic mass is 10.3. The van der Waals surface area contributed by atoms with Crippen molar-refractivity contribution in [3.63, 3.8) is 0 Å². The van der Waals surface area contributed by atoms with Gasteiger partial charge in [0.2, 0.25) is 0 Å². The molecule has 0 aliphatic carbocycles. The highest BCUT2D eigenvalue weighted by atomic mass is 32.2. The molecule has 3 aromatic carbocycles. The van der Waals surface area contributed by atoms with Crippen molar-refractivity contribution in [3.05, 3.63) is 72.8 Å². The van der Waals surface area contributed by atoms with E-state index in [2.05, 4.69) is 0 Å². The van der Waals surface area contributed by atoms with E-state index < -0.39 is 68.2 Å². The molecule has 0 atom stereocenters. The van der Waals surface area contributed by atoms with E-state index in [4.69, 9.17) is 4.55 Å². The summed E-state index contributed by atoms with van der Waals surface area (Å²) in [6.45, 7) is 0. The highest BCUT2D eigenvalue weighted by Gasteiger charge is 2.45. The van der Waals surface area contributed by atoms with Gasteiger partial charge in [-0.1, -0.05) is 0 Å². The molecule has 0 radical (unpaired) electrons. The quantitative estimate of drug-likeness (QED) is 0.133. The standard InChI is InChI=1S/C22H23O12PS4/c23-36(24,25)16-2-1-15-35(17-3-9-20(10-4-17)37(26,27)28,18-5-11-21(12-6-18)38(29,30)31)19-7-13-22(14-8-19)39(32,33)34/h3-14H,1-2,15-16H2,(H3-,23,24,25,26,27,28,29,30,31,32,33,34)/p+1. The van der Waals surface area contributed by atoms with Crippen LogP contribution in [0.5, 0.6) is 0 Å². The Balaban J connectivity index is 2.30. The van der Waals surface area contributed by atoms with Crippen molar-refractivity contribution >= 4 is 63.6 Å². The molecule has 0 amide bonds. The van der Waals surface area contributed by atoms with E-state index in [0.717, 1.165) is 36.4 Å². The van der Waals surface area contributed by atoms with Gasteiger partial charge in [0.1, 0.15) is 23.2 Å². The highest BCUT2D eigenvalue weighted by molar-refractivity contribution is 7.95. The third-order valence-electron chi connectivity index (χ3n) is 5.87. The van der Waals surface area contributed by atoms with Crippen molar-refractivity contribution in [3.8, 4) is 0 Å². The van der Waals surface area contributed by atoms with Crippen LogP contribution in [-0.4, -0.2) is 63.8 Å². The van der Waals surface area contributed by atoms with Gasteiger partial charge >= 0.3 is 0 Å². The maximum absolute atomic E-state index is 11.6. The van der Waals surface area contributed by atoms with Crippen molar-refractivity contribution in [2.45, 2.75) is 27.5 Å². The third kappa shape index (κ3) is 7.68. The Labute approximate surface area is 227 Å². The first-order valence-electron chi connectivity index (χ1n) is 10.9. The lowest BCUT2D eigenvalue weighted by molar-refractivity contribution is 0.479. The molecule has 0 unspecified atom stereocenters. The van der Waals surface area contributed by atoms with E-state index in [0.29, 0.717) is 15.9 Å². The second-order valence-corrected chi connectivity index (χ2v) is 17.9. The Bertz CT molecular complexity index is 1580. The molecule has 17 heteroatoms. The van der Waals surface area contributed by atoms with Crippen molar-refractivity contribution in [2.75, 3.05) is 11.9 Å². The SMILES string of the molecule is O=S(=O)(O)CCCC[P+](c1ccc(S(=O)(=O)O)cc1)(c1ccc(S(=O)(=O)O)cc1)c1ccc(S(=O)(=O)O)cc1. The monoisotopic (exact) mass is 639 g/mol. The molecule has 12 nitrogen and oxygen atoms in total. The van der Waals surface area contributed by atoms with Gasteiger partial charge in [0.25, 0.3) is 40.5 Å². The molecule has 39 heavy (non-hydrogen) atoms. The second kappa shape index (κ2) is 11.3. The first kappa shape index (κ1) is 31.3. The second-order valence-electron chi connectivity index (χ2n) is 8.43. The molecule has 0 bridgehead atoms. The fraction of sp³-hybridized carbons (Fsp3) is 0.182. The summed E-state index contributed by atoms with van der Waals surface area (Å²) in [6, 6.07) is 15.4. The van der Waals surface area contributed by atoms with E-state index in [1.807, 2.05) is 0 Å². The molecule has 0 spiro atoms. The number of benzene rings is 3. The normalized spacial score (nSPS) is 13.3. The molecule has 3 rings (SSSR count). The van der Waals surface area contributed by atoms with Crippen molar-refractivity contribution in [1.29, 1.82) is 0 Å². The predicted octanol–water partition coefficient (Wildman–Crippen LogP) is 1.39. The first-order valence-corrected chi connectivity index (χ1v) is 18.8. The van der Waals surface area contributed by atoms with Crippen LogP contribution in [0, 0.1) is 0 Å². The molecule has 0 aliphatic heterocycles. The van der Waals surface area contributed by atoms with E-state index in [1.165, 1.54) is 36.4 Å². The van der Waals surface area contributed by atoms with E-state index in [1.54, 1.807) is 0 Å². The van der Waals surface area contributed by atoms with Crippen LogP contribution in [0.4, 0.5) is 0 Å². The van der Waals surface area contributed by atoms with Crippen LogP contribution in [0.3, 0.4) is 0 Å². The molecule has 3 aromatic rings. The van der Waals surface area contributed by atoms with Gasteiger partial charge in [-0.05, 0) is 85.6 Å². The molecule has 0 fully saturated rings. The summed E-state index contributed by atoms with van der Waals surface area (Å²) in [5.74, 6) is -0.544. The molecular formula is C22H24O12PS4+. The van der Waals surface area contributed by atoms with E-state index in [-0.39, 0.29) is 19.0 Å². The Hall–Kier alpha value is -2.27. The molecule has 0 heterocycles. The Morgan fingerprint density at radius 2 is 0.744 bits per heavy atom. The first-order chi connectivity index (χ1) is 17.8. The lowest BCUT2D eigenvalue weighted by Gasteiger charge is -2.28. The Morgan fingerprint density at radius 1 is 0.462 bits per heavy atom. The molecule has 212 valence electrons. The number of rotatable bonds is 11. The molecule has 0 saturated carbocycles. The van der Waals surface area contributed by atoms with Crippen LogP contribution in [0.15, 0.2) is 87.5 Å². The van der Waals surface area contributed by atoms with Crippen LogP contribution in [0.25, 0.3) is 0 Å². The topological polar surface area (TPSA) is 217 Å². The van der Waals surface area contributed by atoms with Crippen LogP contribution in [-0.2, 0) is 40.5 Å². The molecule has 4 N–H and O–H groups in total. The summed E-state index contributed by atoms with van der Waals surface area (Å²) in [5.41, 5.74) is 0. The molecule has 0 saturated heterocycles. The van der Waals surface area contributed by atoms with Crippen LogP contribution >= 0.6 is 7.26 Å². The zero-order valence-corrected chi connectivity index (χ0v) is 24.1. The van der Waals surface area contributed by atoms with E-state index in [9.17, 15) is 47.3 Å². The van der Waals surface area contributed by atoms with Gasteiger partial charge in [0.05, 0.1) is 26.6 Å². The predicted molar refractivity (Wildman–Crippen MR) is 145 cm³/mol. The van der Waals surface area contributed by atoms with Crippen molar-refractivity contribution < 1.29 is 51.9 Å². The van der Waals surface area contributed by atoms with Gasteiger partial charge in [-0.15, -0.1) is 0 Å². The summed E-state index contributed by atoms with van der Waals surface area (Å²) in [4.78, 5) is -1.21. The van der Waals surface area contributed by atoms with Gasteiger partial charge in [-0.2, -0.15) is 33.7 Å². The summed E-state index contributed by atoms with van der Waals surface area (Å²) in [7, 11) is -20.9. The van der Waals surface area contributed by atoms with Crippen LogP contribution in [0.1, 0.15) is 12.8 Å². The summed E-state index contributed by atoms with van der Waals surface area (Å²) >= 11 is 0. The zero-order valence-electron chi connectivity index (χ0n) is 19.9. The Morgan fingerprint density at radius 3 is 0.974 bits per heavy atom. The lowest BCUT2D eigenvalue weighted by Crippen LogP contribution is -2.34. The number of hydrogen-bond acceptors (Lipinski definition) is 8. The smallest absolute Gasteiger partial charge is 0.286 e. The Kier molecular flexibility index (Phi) is 9.07. The zero-order chi connectivity index (χ0) is 29.3. The van der Waals surface area contributed by atoms with Gasteiger partial charge in [-0.3, -0.25) is 18.2 Å². The fourth-order valence-corrected chi connectivity index (χ4v) is 10.4. The van der Waals surface area contributed by atoms with Gasteiger partial charge in [0.15, 0.2) is 0 Å². The van der Waals surface area contributed by atoms with Crippen LogP contribution < -0.4 is 15.9 Å². The molecule has 0 aliphatic rings. The summed E-state index contributed by atoms with van der Waals surface area (Å²) in [6.07, 6.45) is 0.424. The molecule has 0 aromatic heterocycles. The largest absolute Gasteiger partial charge is 0.294 e. The average Bonchev–Trinajstić information content (AvgIpc) is 2.82. The maximum Gasteiger partial charge on any atom is 0.294 e. The minimum absolute atomic E-state index is 0.0237. The van der Waals surface area contributed by atoms with Crippen LogP contribution in [0.2, 0.25) is 0 Å². The third-order valence-corrected chi connectivity index (χ3v) is 13.8. The fourth-order valence-electron chi connectivity index (χ4n) is 4.09. The maximum atomic E-state index is 11.6. The average molecular weight is 640 g/mol. The van der Waals surface area contributed by atoms with Gasteiger partial charge < -0.3 is 0 Å². The van der Waals surface area contributed by atoms with Crippen molar-refractivity contribution in [1.82, 2.24) is 0 Å². The van der Waals surface area contributed by atoms with Crippen molar-refractivity contribution in [2.24, 2.45) is 0 Å². The number of hydrogen-bond donors (Lipinski definition) is 4. The minimum Gasteiger partial charge on any atom is -0.286 e.